The fraction of sp³-hybridized carbons (Fsp3) is 0.214. The summed E-state index contributed by atoms with van der Waals surface area (Å²) in [7, 11) is 1.63. The molecule has 17 heavy (non-hydrogen) atoms. The molecule has 3 heteroatoms. The normalized spacial score (nSPS) is 12.1. The molecule has 2 nitrogen and oxygen atoms in total. The molecule has 1 aromatic carbocycles. The predicted molar refractivity (Wildman–Crippen MR) is 69.8 cm³/mol. The first kappa shape index (κ1) is 11.9. The van der Waals surface area contributed by atoms with Gasteiger partial charge in [-0.15, -0.1) is 11.3 Å². The van der Waals surface area contributed by atoms with Gasteiger partial charge in [-0.3, -0.25) is 0 Å². The Hall–Kier alpha value is -1.61. The number of hydrogen-bond donors (Lipinski definition) is 0. The van der Waals surface area contributed by atoms with Crippen LogP contribution in [0.25, 0.3) is 0 Å². The lowest BCUT2D eigenvalue weighted by Gasteiger charge is -2.10. The van der Waals surface area contributed by atoms with Gasteiger partial charge in [-0.25, -0.2) is 0 Å². The van der Waals surface area contributed by atoms with Gasteiger partial charge >= 0.3 is 0 Å². The minimum absolute atomic E-state index is 0.0938. The first-order valence-corrected chi connectivity index (χ1v) is 6.33. The van der Waals surface area contributed by atoms with E-state index in [1.54, 1.807) is 18.4 Å². The van der Waals surface area contributed by atoms with Crippen LogP contribution in [0, 0.1) is 0 Å². The highest BCUT2D eigenvalue weighted by Gasteiger charge is 2.12. The molecule has 1 atom stereocenters. The van der Waals surface area contributed by atoms with Crippen molar-refractivity contribution in [3.8, 4) is 5.75 Å². The molecule has 1 aromatic heterocycles. The Morgan fingerprint density at radius 2 is 2.24 bits per heavy atom. The van der Waals surface area contributed by atoms with Gasteiger partial charge in [0, 0.05) is 10.8 Å². The van der Waals surface area contributed by atoms with Crippen molar-refractivity contribution in [2.24, 2.45) is 0 Å². The monoisotopic (exact) mass is 246 g/mol. The van der Waals surface area contributed by atoms with E-state index in [0.29, 0.717) is 0 Å². The van der Waals surface area contributed by atoms with E-state index in [0.717, 1.165) is 24.0 Å². The molecular weight excluding hydrogens is 232 g/mol. The molecular formula is C14H14O2S. The van der Waals surface area contributed by atoms with E-state index in [9.17, 15) is 4.79 Å². The highest BCUT2D eigenvalue weighted by Crippen LogP contribution is 2.24. The van der Waals surface area contributed by atoms with E-state index < -0.39 is 0 Å². The summed E-state index contributed by atoms with van der Waals surface area (Å²) in [6, 6.07) is 11.8. The number of carbonyl (C=O) groups is 1. The molecule has 0 aliphatic carbocycles. The second kappa shape index (κ2) is 5.64. The highest BCUT2D eigenvalue weighted by molar-refractivity contribution is 7.09. The average molecular weight is 246 g/mol. The average Bonchev–Trinajstić information content (AvgIpc) is 2.89. The molecule has 1 unspecified atom stereocenters. The summed E-state index contributed by atoms with van der Waals surface area (Å²) in [5, 5.41) is 2.03. The van der Waals surface area contributed by atoms with Crippen molar-refractivity contribution in [1.29, 1.82) is 0 Å². The molecule has 2 aromatic rings. The zero-order valence-corrected chi connectivity index (χ0v) is 10.4. The van der Waals surface area contributed by atoms with E-state index in [-0.39, 0.29) is 5.92 Å². The number of thiophene rings is 1. The van der Waals surface area contributed by atoms with Gasteiger partial charge in [0.2, 0.25) is 0 Å². The third-order valence-corrected chi connectivity index (χ3v) is 3.59. The number of methoxy groups -OCH3 is 1. The zero-order valence-electron chi connectivity index (χ0n) is 9.63. The fourth-order valence-corrected chi connectivity index (χ4v) is 2.53. The molecule has 0 saturated carbocycles. The van der Waals surface area contributed by atoms with E-state index in [2.05, 4.69) is 6.07 Å². The maximum atomic E-state index is 11.2. The number of benzene rings is 1. The summed E-state index contributed by atoms with van der Waals surface area (Å²) >= 11 is 1.68. The van der Waals surface area contributed by atoms with Crippen LogP contribution in [0.1, 0.15) is 16.4 Å². The van der Waals surface area contributed by atoms with Crippen LogP contribution in [-0.4, -0.2) is 13.4 Å². The van der Waals surface area contributed by atoms with Crippen molar-refractivity contribution in [3.05, 3.63) is 52.2 Å². The summed E-state index contributed by atoms with van der Waals surface area (Å²) in [6.45, 7) is 0. The molecule has 0 aliphatic rings. The third-order valence-electron chi connectivity index (χ3n) is 2.69. The van der Waals surface area contributed by atoms with Crippen LogP contribution in [0.15, 0.2) is 41.8 Å². The summed E-state index contributed by atoms with van der Waals surface area (Å²) in [6.07, 6.45) is 1.77. The van der Waals surface area contributed by atoms with Crippen LogP contribution >= 0.6 is 11.3 Å². The third kappa shape index (κ3) is 2.94. The van der Waals surface area contributed by atoms with Gasteiger partial charge in [-0.1, -0.05) is 18.2 Å². The van der Waals surface area contributed by atoms with Gasteiger partial charge < -0.3 is 9.53 Å². The van der Waals surface area contributed by atoms with Gasteiger partial charge in [-0.2, -0.15) is 0 Å². The minimum Gasteiger partial charge on any atom is -0.497 e. The van der Waals surface area contributed by atoms with E-state index in [1.165, 1.54) is 4.88 Å². The molecule has 2 rings (SSSR count). The lowest BCUT2D eigenvalue weighted by molar-refractivity contribution is -0.109. The molecule has 0 radical (unpaired) electrons. The van der Waals surface area contributed by atoms with Crippen molar-refractivity contribution < 1.29 is 9.53 Å². The Morgan fingerprint density at radius 3 is 2.88 bits per heavy atom. The van der Waals surface area contributed by atoms with Gasteiger partial charge in [0.15, 0.2) is 0 Å². The molecule has 0 amide bonds. The summed E-state index contributed by atoms with van der Waals surface area (Å²) < 4.78 is 5.17. The summed E-state index contributed by atoms with van der Waals surface area (Å²) in [5.41, 5.74) is 1.01. The lowest BCUT2D eigenvalue weighted by Crippen LogP contribution is -2.03. The maximum absolute atomic E-state index is 11.2. The minimum atomic E-state index is -0.0938. The quantitative estimate of drug-likeness (QED) is 0.757. The lowest BCUT2D eigenvalue weighted by atomic mass is 9.96. The number of aldehydes is 1. The zero-order chi connectivity index (χ0) is 12.1. The first-order chi connectivity index (χ1) is 8.33. The smallest absolute Gasteiger partial charge is 0.127 e. The van der Waals surface area contributed by atoms with Crippen molar-refractivity contribution in [1.82, 2.24) is 0 Å². The number of carbonyl (C=O) groups excluding carboxylic acids is 1. The van der Waals surface area contributed by atoms with E-state index in [4.69, 9.17) is 4.74 Å². The largest absolute Gasteiger partial charge is 0.497 e. The van der Waals surface area contributed by atoms with Crippen molar-refractivity contribution in [3.63, 3.8) is 0 Å². The molecule has 88 valence electrons. The highest BCUT2D eigenvalue weighted by atomic mass is 32.1. The predicted octanol–water partition coefficient (Wildman–Crippen LogP) is 3.28. The molecule has 0 saturated heterocycles. The van der Waals surface area contributed by atoms with E-state index >= 15 is 0 Å². The Balaban J connectivity index is 2.19. The summed E-state index contributed by atoms with van der Waals surface area (Å²) in [4.78, 5) is 12.4. The molecule has 0 bridgehead atoms. The van der Waals surface area contributed by atoms with Crippen molar-refractivity contribution in [2.45, 2.75) is 12.3 Å². The number of rotatable bonds is 5. The van der Waals surface area contributed by atoms with Crippen LogP contribution in [0.4, 0.5) is 0 Å². The Bertz CT molecular complexity index is 477. The van der Waals surface area contributed by atoms with Crippen molar-refractivity contribution >= 4 is 17.6 Å². The van der Waals surface area contributed by atoms with Crippen LogP contribution in [0.2, 0.25) is 0 Å². The van der Waals surface area contributed by atoms with Gasteiger partial charge in [-0.05, 0) is 35.6 Å². The molecule has 0 aliphatic heterocycles. The van der Waals surface area contributed by atoms with Crippen LogP contribution in [0.5, 0.6) is 5.75 Å². The molecule has 0 spiro atoms. The Labute approximate surface area is 105 Å². The number of hydrogen-bond acceptors (Lipinski definition) is 3. The topological polar surface area (TPSA) is 26.3 Å². The van der Waals surface area contributed by atoms with E-state index in [1.807, 2.05) is 35.7 Å². The Morgan fingerprint density at radius 1 is 1.35 bits per heavy atom. The second-order valence-electron chi connectivity index (χ2n) is 3.80. The SMILES string of the molecule is COc1cccc(C(C=O)Cc2cccs2)c1. The van der Waals surface area contributed by atoms with Gasteiger partial charge in [0.25, 0.3) is 0 Å². The first-order valence-electron chi connectivity index (χ1n) is 5.45. The molecule has 1 heterocycles. The van der Waals surface area contributed by atoms with Crippen molar-refractivity contribution in [2.75, 3.05) is 7.11 Å². The maximum Gasteiger partial charge on any atom is 0.127 e. The van der Waals surface area contributed by atoms with Crippen LogP contribution in [0.3, 0.4) is 0 Å². The molecule has 0 N–H and O–H groups in total. The van der Waals surface area contributed by atoms with Gasteiger partial charge in [0.05, 0.1) is 7.11 Å². The fourth-order valence-electron chi connectivity index (χ4n) is 1.76. The standard InChI is InChI=1S/C14H14O2S/c1-16-13-5-2-4-11(8-13)12(10-15)9-14-6-3-7-17-14/h2-8,10,12H,9H2,1H3. The van der Waals surface area contributed by atoms with Gasteiger partial charge in [0.1, 0.15) is 12.0 Å². The second-order valence-corrected chi connectivity index (χ2v) is 4.83. The molecule has 0 fully saturated rings. The summed E-state index contributed by atoms with van der Waals surface area (Å²) in [5.74, 6) is 0.698. The van der Waals surface area contributed by atoms with Crippen LogP contribution in [-0.2, 0) is 11.2 Å². The number of ether oxygens (including phenoxy) is 1. The Kier molecular flexibility index (Phi) is 3.94. The van der Waals surface area contributed by atoms with Crippen LogP contribution < -0.4 is 4.74 Å².